The van der Waals surface area contributed by atoms with Gasteiger partial charge in [0.15, 0.2) is 5.82 Å². The van der Waals surface area contributed by atoms with Crippen LogP contribution >= 0.6 is 0 Å². The molecule has 5 heteroatoms. The third kappa shape index (κ3) is 3.00. The molecule has 1 heterocycles. The van der Waals surface area contributed by atoms with Crippen molar-refractivity contribution in [1.29, 1.82) is 0 Å². The largest absolute Gasteiger partial charge is 0.394 e. The Balaban J connectivity index is 1.98. The molecule has 96 valence electrons. The Kier molecular flexibility index (Phi) is 3.50. The minimum atomic E-state index is -0.215. The van der Waals surface area contributed by atoms with Crippen molar-refractivity contribution in [2.45, 2.75) is 19.4 Å². The fourth-order valence-corrected chi connectivity index (χ4v) is 1.88. The Bertz CT molecular complexity index is 518. The van der Waals surface area contributed by atoms with Gasteiger partial charge >= 0.3 is 0 Å². The summed E-state index contributed by atoms with van der Waals surface area (Å²) < 4.78 is 14.5. The van der Waals surface area contributed by atoms with Crippen molar-refractivity contribution in [2.24, 2.45) is 7.05 Å². The topological polar surface area (TPSA) is 55.9 Å². The molecular formula is C13H17FN4. The number of anilines is 2. The van der Waals surface area contributed by atoms with E-state index in [0.29, 0.717) is 11.5 Å². The SMILES string of the molecule is CC(Cc1ccc(F)cc1)Nc1nn(C)cc1N. The number of aryl methyl sites for hydroxylation is 1. The molecule has 0 bridgehead atoms. The van der Waals surface area contributed by atoms with E-state index in [-0.39, 0.29) is 11.9 Å². The van der Waals surface area contributed by atoms with Gasteiger partial charge < -0.3 is 11.1 Å². The molecule has 0 radical (unpaired) electrons. The molecule has 0 saturated carbocycles. The Morgan fingerprint density at radius 2 is 2.06 bits per heavy atom. The van der Waals surface area contributed by atoms with E-state index in [1.807, 2.05) is 14.0 Å². The zero-order valence-electron chi connectivity index (χ0n) is 10.5. The van der Waals surface area contributed by atoms with Gasteiger partial charge in [-0.2, -0.15) is 5.10 Å². The second-order valence-electron chi connectivity index (χ2n) is 4.48. The van der Waals surface area contributed by atoms with Crippen LogP contribution < -0.4 is 11.1 Å². The number of halogens is 1. The summed E-state index contributed by atoms with van der Waals surface area (Å²) in [6.07, 6.45) is 2.54. The van der Waals surface area contributed by atoms with Crippen LogP contribution in [0.4, 0.5) is 15.9 Å². The number of nitrogen functional groups attached to an aromatic ring is 1. The minimum absolute atomic E-state index is 0.174. The zero-order chi connectivity index (χ0) is 13.1. The molecule has 1 unspecified atom stereocenters. The molecule has 1 atom stereocenters. The molecule has 4 nitrogen and oxygen atoms in total. The second kappa shape index (κ2) is 5.08. The van der Waals surface area contributed by atoms with Crippen LogP contribution in [-0.2, 0) is 13.5 Å². The molecular weight excluding hydrogens is 231 g/mol. The van der Waals surface area contributed by atoms with Crippen LogP contribution in [0.2, 0.25) is 0 Å². The second-order valence-corrected chi connectivity index (χ2v) is 4.48. The number of aromatic nitrogens is 2. The molecule has 18 heavy (non-hydrogen) atoms. The van der Waals surface area contributed by atoms with Crippen LogP contribution in [0, 0.1) is 5.82 Å². The number of nitrogens with zero attached hydrogens (tertiary/aromatic N) is 2. The molecule has 2 aromatic rings. The molecule has 1 aromatic carbocycles. The van der Waals surface area contributed by atoms with Crippen LogP contribution in [0.25, 0.3) is 0 Å². The number of hydrogen-bond acceptors (Lipinski definition) is 3. The first-order chi connectivity index (χ1) is 8.54. The molecule has 0 aliphatic carbocycles. The van der Waals surface area contributed by atoms with E-state index in [1.54, 1.807) is 23.0 Å². The third-order valence-corrected chi connectivity index (χ3v) is 2.70. The molecule has 0 aliphatic heterocycles. The van der Waals surface area contributed by atoms with E-state index in [9.17, 15) is 4.39 Å². The van der Waals surface area contributed by atoms with E-state index in [2.05, 4.69) is 10.4 Å². The number of nitrogens with two attached hydrogens (primary N) is 1. The smallest absolute Gasteiger partial charge is 0.171 e. The van der Waals surface area contributed by atoms with Crippen molar-refractivity contribution >= 4 is 11.5 Å². The summed E-state index contributed by atoms with van der Waals surface area (Å²) in [5.74, 6) is 0.473. The summed E-state index contributed by atoms with van der Waals surface area (Å²) in [6, 6.07) is 6.69. The fraction of sp³-hybridized carbons (Fsp3) is 0.308. The van der Waals surface area contributed by atoms with Crippen LogP contribution in [0.5, 0.6) is 0 Å². The lowest BCUT2D eigenvalue weighted by Crippen LogP contribution is -2.19. The number of nitrogens with one attached hydrogen (secondary N) is 1. The van der Waals surface area contributed by atoms with E-state index in [0.717, 1.165) is 12.0 Å². The zero-order valence-corrected chi connectivity index (χ0v) is 10.5. The van der Waals surface area contributed by atoms with E-state index < -0.39 is 0 Å². The maximum atomic E-state index is 12.8. The molecule has 0 fully saturated rings. The quantitative estimate of drug-likeness (QED) is 0.872. The van der Waals surface area contributed by atoms with Gasteiger partial charge in [0.25, 0.3) is 0 Å². The normalized spacial score (nSPS) is 12.4. The van der Waals surface area contributed by atoms with Crippen molar-refractivity contribution in [3.63, 3.8) is 0 Å². The molecule has 1 aromatic heterocycles. The van der Waals surface area contributed by atoms with Crippen LogP contribution in [0.3, 0.4) is 0 Å². The van der Waals surface area contributed by atoms with Crippen molar-refractivity contribution < 1.29 is 4.39 Å². The predicted molar refractivity (Wildman–Crippen MR) is 70.8 cm³/mol. The summed E-state index contributed by atoms with van der Waals surface area (Å²) in [7, 11) is 1.83. The highest BCUT2D eigenvalue weighted by atomic mass is 19.1. The average Bonchev–Trinajstić information content (AvgIpc) is 2.61. The highest BCUT2D eigenvalue weighted by Gasteiger charge is 2.08. The van der Waals surface area contributed by atoms with Gasteiger partial charge in [0.05, 0.1) is 5.69 Å². The maximum Gasteiger partial charge on any atom is 0.171 e. The lowest BCUT2D eigenvalue weighted by molar-refractivity contribution is 0.626. The van der Waals surface area contributed by atoms with Gasteiger partial charge in [-0.1, -0.05) is 12.1 Å². The van der Waals surface area contributed by atoms with Gasteiger partial charge in [-0.05, 0) is 31.0 Å². The van der Waals surface area contributed by atoms with Gasteiger partial charge in [-0.15, -0.1) is 0 Å². The molecule has 3 N–H and O–H groups in total. The highest BCUT2D eigenvalue weighted by molar-refractivity contribution is 5.60. The first-order valence-electron chi connectivity index (χ1n) is 5.84. The van der Waals surface area contributed by atoms with Crippen LogP contribution in [-0.4, -0.2) is 15.8 Å². The number of benzene rings is 1. The molecule has 0 aliphatic rings. The van der Waals surface area contributed by atoms with Gasteiger partial charge in [0, 0.05) is 19.3 Å². The van der Waals surface area contributed by atoms with Crippen molar-refractivity contribution in [3.8, 4) is 0 Å². The average molecular weight is 248 g/mol. The molecule has 2 rings (SSSR count). The Morgan fingerprint density at radius 1 is 1.39 bits per heavy atom. The van der Waals surface area contributed by atoms with Gasteiger partial charge in [0.2, 0.25) is 0 Å². The van der Waals surface area contributed by atoms with E-state index in [1.165, 1.54) is 12.1 Å². The number of rotatable bonds is 4. The first kappa shape index (κ1) is 12.4. The fourth-order valence-electron chi connectivity index (χ4n) is 1.88. The summed E-state index contributed by atoms with van der Waals surface area (Å²) >= 11 is 0. The molecule has 0 saturated heterocycles. The summed E-state index contributed by atoms with van der Waals surface area (Å²) in [4.78, 5) is 0. The van der Waals surface area contributed by atoms with Gasteiger partial charge in [-0.25, -0.2) is 4.39 Å². The van der Waals surface area contributed by atoms with Crippen LogP contribution in [0.15, 0.2) is 30.5 Å². The lowest BCUT2D eigenvalue weighted by atomic mass is 10.1. The minimum Gasteiger partial charge on any atom is -0.394 e. The Labute approximate surface area is 106 Å². The standard InChI is InChI=1S/C13H17FN4/c1-9(7-10-3-5-11(14)6-4-10)16-13-12(15)8-18(2)17-13/h3-6,8-9H,7,15H2,1-2H3,(H,16,17). The lowest BCUT2D eigenvalue weighted by Gasteiger charge is -2.13. The highest BCUT2D eigenvalue weighted by Crippen LogP contribution is 2.16. The Hall–Kier alpha value is -2.04. The first-order valence-corrected chi connectivity index (χ1v) is 5.84. The summed E-state index contributed by atoms with van der Waals surface area (Å²) in [5, 5.41) is 7.47. The summed E-state index contributed by atoms with van der Waals surface area (Å²) in [5.41, 5.74) is 7.51. The van der Waals surface area contributed by atoms with Crippen LogP contribution in [0.1, 0.15) is 12.5 Å². The summed E-state index contributed by atoms with van der Waals surface area (Å²) in [6.45, 7) is 2.04. The monoisotopic (exact) mass is 248 g/mol. The third-order valence-electron chi connectivity index (χ3n) is 2.70. The Morgan fingerprint density at radius 3 is 2.61 bits per heavy atom. The maximum absolute atomic E-state index is 12.8. The van der Waals surface area contributed by atoms with Crippen molar-refractivity contribution in [2.75, 3.05) is 11.1 Å². The molecule has 0 amide bonds. The number of hydrogen-bond donors (Lipinski definition) is 2. The molecule has 0 spiro atoms. The van der Waals surface area contributed by atoms with Crippen molar-refractivity contribution in [1.82, 2.24) is 9.78 Å². The van der Waals surface area contributed by atoms with Gasteiger partial charge in [-0.3, -0.25) is 4.68 Å². The van der Waals surface area contributed by atoms with E-state index >= 15 is 0 Å². The van der Waals surface area contributed by atoms with Gasteiger partial charge in [0.1, 0.15) is 5.82 Å². The van der Waals surface area contributed by atoms with E-state index in [4.69, 9.17) is 5.73 Å². The predicted octanol–water partition coefficient (Wildman–Crippen LogP) is 2.18. The van der Waals surface area contributed by atoms with Crippen molar-refractivity contribution in [3.05, 3.63) is 41.8 Å².